The number of ketones is 1. The summed E-state index contributed by atoms with van der Waals surface area (Å²) < 4.78 is 6.31. The summed E-state index contributed by atoms with van der Waals surface area (Å²) in [7, 11) is 0. The summed E-state index contributed by atoms with van der Waals surface area (Å²) in [5.74, 6) is 1.68. The molecule has 126 valence electrons. The molecule has 0 aromatic heterocycles. The fourth-order valence-electron chi connectivity index (χ4n) is 6.01. The zero-order chi connectivity index (χ0) is 16.2. The highest BCUT2D eigenvalue weighted by Gasteiger charge is 2.58. The minimum Gasteiger partial charge on any atom is -0.390 e. The van der Waals surface area contributed by atoms with E-state index in [1.807, 2.05) is 13.8 Å². The van der Waals surface area contributed by atoms with Gasteiger partial charge < -0.3 is 9.84 Å². The van der Waals surface area contributed by atoms with Crippen molar-refractivity contribution in [1.82, 2.24) is 0 Å². The maximum absolute atomic E-state index is 12.3. The van der Waals surface area contributed by atoms with E-state index in [4.69, 9.17) is 4.74 Å². The first-order chi connectivity index (χ1) is 10.1. The number of rotatable bonds is 3. The lowest BCUT2D eigenvalue weighted by molar-refractivity contribution is -0.134. The number of ether oxygens (including phenoxy) is 1. The van der Waals surface area contributed by atoms with Crippen molar-refractivity contribution >= 4 is 5.78 Å². The van der Waals surface area contributed by atoms with Gasteiger partial charge in [-0.05, 0) is 76.5 Å². The summed E-state index contributed by atoms with van der Waals surface area (Å²) in [6.07, 6.45) is 7.00. The van der Waals surface area contributed by atoms with E-state index >= 15 is 0 Å². The van der Waals surface area contributed by atoms with Gasteiger partial charge in [0, 0.05) is 12.3 Å². The predicted octanol–water partition coefficient (Wildman–Crippen LogP) is 3.73. The highest BCUT2D eigenvalue weighted by Crippen LogP contribution is 2.60. The fraction of sp³-hybridized carbons (Fsp3) is 0.947. The molecule has 0 spiro atoms. The van der Waals surface area contributed by atoms with E-state index < -0.39 is 5.60 Å². The second kappa shape index (κ2) is 5.31. The Bertz CT molecular complexity index is 452. The summed E-state index contributed by atoms with van der Waals surface area (Å²) in [4.78, 5) is 12.3. The van der Waals surface area contributed by atoms with Crippen LogP contribution >= 0.6 is 0 Å². The highest BCUT2D eigenvalue weighted by molar-refractivity contribution is 5.83. The number of Topliss-reactive ketones (excluding diaryl/α,β-unsaturated/α-hetero) is 1. The molecule has 0 bridgehead atoms. The molecule has 1 N–H and O–H groups in total. The summed E-state index contributed by atoms with van der Waals surface area (Å²) >= 11 is 0. The third-order valence-corrected chi connectivity index (χ3v) is 6.73. The topological polar surface area (TPSA) is 46.5 Å². The number of hydrogen-bond acceptors (Lipinski definition) is 3. The summed E-state index contributed by atoms with van der Waals surface area (Å²) in [6, 6.07) is 0. The van der Waals surface area contributed by atoms with E-state index in [9.17, 15) is 9.90 Å². The molecule has 1 aliphatic heterocycles. The first-order valence-electron chi connectivity index (χ1n) is 9.03. The Kier molecular flexibility index (Phi) is 3.97. The Morgan fingerprint density at radius 3 is 2.73 bits per heavy atom. The van der Waals surface area contributed by atoms with E-state index in [0.29, 0.717) is 17.6 Å². The Balaban J connectivity index is 1.75. The molecule has 1 heterocycles. The second-order valence-electron chi connectivity index (χ2n) is 9.22. The third kappa shape index (κ3) is 2.75. The fourth-order valence-corrected chi connectivity index (χ4v) is 6.01. The maximum atomic E-state index is 12.3. The molecule has 0 aromatic rings. The average molecular weight is 308 g/mol. The molecule has 1 saturated heterocycles. The van der Waals surface area contributed by atoms with Gasteiger partial charge in [0.2, 0.25) is 0 Å². The Hall–Kier alpha value is -0.410. The van der Waals surface area contributed by atoms with Crippen molar-refractivity contribution in [2.24, 2.45) is 23.2 Å². The number of carbonyl (C=O) groups is 1. The van der Waals surface area contributed by atoms with Crippen molar-refractivity contribution in [3.05, 3.63) is 0 Å². The van der Waals surface area contributed by atoms with Crippen LogP contribution in [0.4, 0.5) is 0 Å². The Morgan fingerprint density at radius 1 is 1.32 bits per heavy atom. The minimum absolute atomic E-state index is 0.114. The molecule has 0 amide bonds. The van der Waals surface area contributed by atoms with Crippen LogP contribution in [-0.2, 0) is 9.53 Å². The summed E-state index contributed by atoms with van der Waals surface area (Å²) in [5, 5.41) is 10.1. The lowest BCUT2D eigenvalue weighted by Crippen LogP contribution is -2.46. The van der Waals surface area contributed by atoms with Crippen molar-refractivity contribution < 1.29 is 14.6 Å². The standard InChI is InChI=1S/C19H32O3/c1-17(2,21)10-13-11-19(4,22-12-13)16-8-7-14-15(20)6-5-9-18(14,16)3/h13-14,16,21H,5-12H2,1-4H3/t13-,14+,16+,18?,19+/m1/s1. The minimum atomic E-state index is -0.623. The van der Waals surface area contributed by atoms with Crippen molar-refractivity contribution in [1.29, 1.82) is 0 Å². The molecule has 0 aromatic carbocycles. The van der Waals surface area contributed by atoms with Gasteiger partial charge in [-0.15, -0.1) is 0 Å². The van der Waals surface area contributed by atoms with Gasteiger partial charge in [-0.2, -0.15) is 0 Å². The first-order valence-corrected chi connectivity index (χ1v) is 9.03. The van der Waals surface area contributed by atoms with E-state index in [2.05, 4.69) is 13.8 Å². The van der Waals surface area contributed by atoms with Gasteiger partial charge in [0.05, 0.1) is 17.8 Å². The molecule has 3 rings (SSSR count). The number of hydrogen-bond donors (Lipinski definition) is 1. The van der Waals surface area contributed by atoms with Crippen LogP contribution in [0.25, 0.3) is 0 Å². The zero-order valence-electron chi connectivity index (χ0n) is 14.7. The molecule has 3 aliphatic rings. The average Bonchev–Trinajstić information content (AvgIpc) is 2.90. The third-order valence-electron chi connectivity index (χ3n) is 6.73. The van der Waals surface area contributed by atoms with Crippen LogP contribution in [0.1, 0.15) is 72.6 Å². The molecule has 2 aliphatic carbocycles. The van der Waals surface area contributed by atoms with Crippen LogP contribution in [0.5, 0.6) is 0 Å². The maximum Gasteiger partial charge on any atom is 0.136 e. The summed E-state index contributed by atoms with van der Waals surface area (Å²) in [5.41, 5.74) is -0.604. The normalized spacial score (nSPS) is 46.0. The lowest BCUT2D eigenvalue weighted by Gasteiger charge is -2.46. The highest BCUT2D eigenvalue weighted by atomic mass is 16.5. The van der Waals surface area contributed by atoms with Gasteiger partial charge in [-0.3, -0.25) is 4.79 Å². The van der Waals surface area contributed by atoms with Crippen LogP contribution in [0.2, 0.25) is 0 Å². The molecule has 3 heteroatoms. The van der Waals surface area contributed by atoms with Crippen LogP contribution in [0.15, 0.2) is 0 Å². The lowest BCUT2D eigenvalue weighted by atomic mass is 9.60. The number of carbonyl (C=O) groups excluding carboxylic acids is 1. The molecule has 1 unspecified atom stereocenters. The van der Waals surface area contributed by atoms with Crippen molar-refractivity contribution in [2.45, 2.75) is 83.8 Å². The van der Waals surface area contributed by atoms with Gasteiger partial charge in [0.25, 0.3) is 0 Å². The SMILES string of the molecule is CC(C)(O)C[C@H]1CO[C@](C)([C@H]2CC[C@H]3C(=O)CCCC32C)C1. The quantitative estimate of drug-likeness (QED) is 0.864. The van der Waals surface area contributed by atoms with Crippen molar-refractivity contribution in [2.75, 3.05) is 6.61 Å². The van der Waals surface area contributed by atoms with Gasteiger partial charge in [-0.25, -0.2) is 0 Å². The monoisotopic (exact) mass is 308 g/mol. The van der Waals surface area contributed by atoms with E-state index in [0.717, 1.165) is 45.1 Å². The largest absolute Gasteiger partial charge is 0.390 e. The first kappa shape index (κ1) is 16.4. The Labute approximate surface area is 134 Å². The van der Waals surface area contributed by atoms with Gasteiger partial charge in [0.15, 0.2) is 0 Å². The molecule has 22 heavy (non-hydrogen) atoms. The molecule has 3 fully saturated rings. The zero-order valence-corrected chi connectivity index (χ0v) is 14.7. The molecule has 2 saturated carbocycles. The number of aliphatic hydroxyl groups is 1. The van der Waals surface area contributed by atoms with Gasteiger partial charge in [-0.1, -0.05) is 6.92 Å². The Morgan fingerprint density at radius 2 is 2.05 bits per heavy atom. The second-order valence-corrected chi connectivity index (χ2v) is 9.22. The van der Waals surface area contributed by atoms with Crippen molar-refractivity contribution in [3.63, 3.8) is 0 Å². The van der Waals surface area contributed by atoms with E-state index in [-0.39, 0.29) is 16.9 Å². The molecular weight excluding hydrogens is 276 g/mol. The molecule has 0 radical (unpaired) electrons. The summed E-state index contributed by atoms with van der Waals surface area (Å²) in [6.45, 7) is 9.12. The molecular formula is C19H32O3. The molecule has 5 atom stereocenters. The van der Waals surface area contributed by atoms with E-state index in [1.54, 1.807) is 0 Å². The number of fused-ring (bicyclic) bond motifs is 1. The van der Waals surface area contributed by atoms with Crippen LogP contribution in [0, 0.1) is 23.2 Å². The van der Waals surface area contributed by atoms with Crippen molar-refractivity contribution in [3.8, 4) is 0 Å². The van der Waals surface area contributed by atoms with Crippen LogP contribution < -0.4 is 0 Å². The van der Waals surface area contributed by atoms with Crippen LogP contribution in [0.3, 0.4) is 0 Å². The van der Waals surface area contributed by atoms with Gasteiger partial charge >= 0.3 is 0 Å². The molecule has 3 nitrogen and oxygen atoms in total. The van der Waals surface area contributed by atoms with Gasteiger partial charge in [0.1, 0.15) is 5.78 Å². The smallest absolute Gasteiger partial charge is 0.136 e. The predicted molar refractivity (Wildman–Crippen MR) is 86.6 cm³/mol. The van der Waals surface area contributed by atoms with E-state index in [1.165, 1.54) is 6.42 Å². The van der Waals surface area contributed by atoms with Crippen LogP contribution in [-0.4, -0.2) is 28.7 Å².